The molecule has 0 aromatic carbocycles. The monoisotopic (exact) mass is 277 g/mol. The first kappa shape index (κ1) is 14.1. The Morgan fingerprint density at radius 1 is 1.40 bits per heavy atom. The van der Waals surface area contributed by atoms with Crippen LogP contribution in [0.25, 0.3) is 0 Å². The summed E-state index contributed by atoms with van der Waals surface area (Å²) in [5, 5.41) is 0. The Bertz CT molecular complexity index is 450. The largest absolute Gasteiger partial charge is 0.376 e. The molecule has 4 heteroatoms. The van der Waals surface area contributed by atoms with Gasteiger partial charge < -0.3 is 9.30 Å². The highest BCUT2D eigenvalue weighted by molar-refractivity contribution is 4.95. The van der Waals surface area contributed by atoms with Crippen molar-refractivity contribution in [2.75, 3.05) is 13.2 Å². The zero-order valence-corrected chi connectivity index (χ0v) is 13.0. The molecule has 2 aliphatic rings. The van der Waals surface area contributed by atoms with Gasteiger partial charge in [0, 0.05) is 38.6 Å². The van der Waals surface area contributed by atoms with Gasteiger partial charge in [-0.15, -0.1) is 0 Å². The Labute approximate surface area is 122 Å². The van der Waals surface area contributed by atoms with Gasteiger partial charge >= 0.3 is 0 Å². The molecule has 4 nitrogen and oxygen atoms in total. The minimum Gasteiger partial charge on any atom is -0.376 e. The van der Waals surface area contributed by atoms with E-state index in [0.717, 1.165) is 25.1 Å². The van der Waals surface area contributed by atoms with Gasteiger partial charge in [-0.1, -0.05) is 0 Å². The number of aryl methyl sites for hydroxylation is 1. The molecule has 2 fully saturated rings. The van der Waals surface area contributed by atoms with Crippen molar-refractivity contribution in [3.8, 4) is 0 Å². The summed E-state index contributed by atoms with van der Waals surface area (Å²) in [6.07, 6.45) is 9.04. The molecular weight excluding hydrogens is 250 g/mol. The van der Waals surface area contributed by atoms with E-state index in [1.165, 1.54) is 38.1 Å². The molecule has 1 saturated carbocycles. The van der Waals surface area contributed by atoms with Gasteiger partial charge in [0.2, 0.25) is 0 Å². The van der Waals surface area contributed by atoms with Gasteiger partial charge in [-0.3, -0.25) is 4.90 Å². The number of hydrogen-bond donors (Lipinski definition) is 0. The van der Waals surface area contributed by atoms with E-state index in [1.54, 1.807) is 0 Å². The minimum atomic E-state index is 0.0569. The van der Waals surface area contributed by atoms with Crippen LogP contribution in [-0.4, -0.2) is 39.2 Å². The average Bonchev–Trinajstić information content (AvgIpc) is 3.13. The third kappa shape index (κ3) is 3.41. The van der Waals surface area contributed by atoms with Gasteiger partial charge in [0.05, 0.1) is 12.1 Å². The van der Waals surface area contributed by atoms with Crippen molar-refractivity contribution in [2.45, 2.75) is 57.7 Å². The molecule has 1 aromatic heterocycles. The van der Waals surface area contributed by atoms with Gasteiger partial charge in [0.1, 0.15) is 5.82 Å². The Kier molecular flexibility index (Phi) is 3.87. The smallest absolute Gasteiger partial charge is 0.122 e. The zero-order chi connectivity index (χ0) is 14.2. The van der Waals surface area contributed by atoms with Gasteiger partial charge in [-0.2, -0.15) is 0 Å². The van der Waals surface area contributed by atoms with Crippen LogP contribution in [-0.2, 0) is 18.3 Å². The number of ether oxygens (including phenoxy) is 1. The standard InChI is InChI=1S/C16H27N3O/c1-16(2)10-13(6-9-20-16)11-19(14-4-5-14)12-15-17-7-8-18(15)3/h7-8,13-14H,4-6,9-12H2,1-3H3/t13-/m0/s1. The maximum absolute atomic E-state index is 5.84. The summed E-state index contributed by atoms with van der Waals surface area (Å²) in [5.74, 6) is 1.95. The second-order valence-corrected chi connectivity index (χ2v) is 7.08. The van der Waals surface area contributed by atoms with Crippen molar-refractivity contribution >= 4 is 0 Å². The maximum Gasteiger partial charge on any atom is 0.122 e. The molecule has 0 N–H and O–H groups in total. The zero-order valence-electron chi connectivity index (χ0n) is 13.0. The molecule has 1 aliphatic heterocycles. The lowest BCUT2D eigenvalue weighted by molar-refractivity contribution is -0.0776. The van der Waals surface area contributed by atoms with Crippen LogP contribution in [0.2, 0.25) is 0 Å². The van der Waals surface area contributed by atoms with Crippen LogP contribution in [0.15, 0.2) is 12.4 Å². The van der Waals surface area contributed by atoms with Crippen molar-refractivity contribution < 1.29 is 4.74 Å². The van der Waals surface area contributed by atoms with Gasteiger partial charge in [-0.25, -0.2) is 4.98 Å². The first-order valence-electron chi connectivity index (χ1n) is 7.88. The van der Waals surface area contributed by atoms with Crippen molar-refractivity contribution in [3.63, 3.8) is 0 Å². The fraction of sp³-hybridized carbons (Fsp3) is 0.812. The normalized spacial score (nSPS) is 26.1. The van der Waals surface area contributed by atoms with Crippen molar-refractivity contribution in [3.05, 3.63) is 18.2 Å². The summed E-state index contributed by atoms with van der Waals surface area (Å²) >= 11 is 0. The molecule has 1 aromatic rings. The first-order chi connectivity index (χ1) is 9.53. The van der Waals surface area contributed by atoms with Crippen LogP contribution in [0.5, 0.6) is 0 Å². The molecule has 1 saturated heterocycles. The summed E-state index contributed by atoms with van der Waals surface area (Å²) < 4.78 is 7.99. The molecule has 0 bridgehead atoms. The second kappa shape index (κ2) is 5.49. The van der Waals surface area contributed by atoms with Crippen LogP contribution >= 0.6 is 0 Å². The highest BCUT2D eigenvalue weighted by Crippen LogP contribution is 2.33. The SMILES string of the molecule is Cn1ccnc1CN(C[C@H]1CCOC(C)(C)C1)C1CC1. The van der Waals surface area contributed by atoms with Crippen LogP contribution < -0.4 is 0 Å². The maximum atomic E-state index is 5.84. The van der Waals surface area contributed by atoms with Crippen molar-refractivity contribution in [1.29, 1.82) is 0 Å². The molecule has 0 amide bonds. The first-order valence-corrected chi connectivity index (χ1v) is 7.88. The Hall–Kier alpha value is -0.870. The molecule has 0 spiro atoms. The Morgan fingerprint density at radius 2 is 2.20 bits per heavy atom. The van der Waals surface area contributed by atoms with E-state index in [0.29, 0.717) is 0 Å². The lowest BCUT2D eigenvalue weighted by atomic mass is 9.88. The second-order valence-electron chi connectivity index (χ2n) is 7.08. The molecule has 1 aliphatic carbocycles. The lowest BCUT2D eigenvalue weighted by Crippen LogP contribution is -2.40. The summed E-state index contributed by atoms with van der Waals surface area (Å²) in [6.45, 7) is 7.55. The predicted molar refractivity (Wildman–Crippen MR) is 79.4 cm³/mol. The number of nitrogens with zero attached hydrogens (tertiary/aromatic N) is 3. The number of rotatable bonds is 5. The van der Waals surface area contributed by atoms with E-state index in [1.807, 2.05) is 12.4 Å². The number of hydrogen-bond acceptors (Lipinski definition) is 3. The highest BCUT2D eigenvalue weighted by atomic mass is 16.5. The van der Waals surface area contributed by atoms with Crippen molar-refractivity contribution in [2.24, 2.45) is 13.0 Å². The minimum absolute atomic E-state index is 0.0569. The predicted octanol–water partition coefficient (Wildman–Crippen LogP) is 2.59. The van der Waals surface area contributed by atoms with E-state index in [2.05, 4.69) is 35.3 Å². The molecular formula is C16H27N3O. The third-order valence-electron chi connectivity index (χ3n) is 4.62. The number of imidazole rings is 1. The van der Waals surface area contributed by atoms with Crippen molar-refractivity contribution in [1.82, 2.24) is 14.5 Å². The van der Waals surface area contributed by atoms with E-state index < -0.39 is 0 Å². The average molecular weight is 277 g/mol. The molecule has 0 unspecified atom stereocenters. The van der Waals surface area contributed by atoms with E-state index >= 15 is 0 Å². The topological polar surface area (TPSA) is 30.3 Å². The van der Waals surface area contributed by atoms with Gasteiger partial charge in [-0.05, 0) is 45.4 Å². The van der Waals surface area contributed by atoms with Crippen LogP contribution in [0, 0.1) is 5.92 Å². The Morgan fingerprint density at radius 3 is 2.80 bits per heavy atom. The van der Waals surface area contributed by atoms with Crippen LogP contribution in [0.1, 0.15) is 45.4 Å². The molecule has 20 heavy (non-hydrogen) atoms. The fourth-order valence-corrected chi connectivity index (χ4v) is 3.36. The quantitative estimate of drug-likeness (QED) is 0.828. The summed E-state index contributed by atoms with van der Waals surface area (Å²) in [6, 6.07) is 0.789. The summed E-state index contributed by atoms with van der Waals surface area (Å²) in [4.78, 5) is 7.13. The van der Waals surface area contributed by atoms with Gasteiger partial charge in [0.15, 0.2) is 0 Å². The summed E-state index contributed by atoms with van der Waals surface area (Å²) in [5.41, 5.74) is 0.0569. The van der Waals surface area contributed by atoms with E-state index in [-0.39, 0.29) is 5.60 Å². The van der Waals surface area contributed by atoms with Crippen LogP contribution in [0.3, 0.4) is 0 Å². The highest BCUT2D eigenvalue weighted by Gasteiger charge is 2.34. The molecule has 2 heterocycles. The Balaban J connectivity index is 1.61. The molecule has 112 valence electrons. The van der Waals surface area contributed by atoms with E-state index in [4.69, 9.17) is 4.74 Å². The third-order valence-corrected chi connectivity index (χ3v) is 4.62. The number of aromatic nitrogens is 2. The van der Waals surface area contributed by atoms with E-state index in [9.17, 15) is 0 Å². The summed E-state index contributed by atoms with van der Waals surface area (Å²) in [7, 11) is 2.09. The molecule has 1 atom stereocenters. The molecule has 3 rings (SSSR count). The molecule has 0 radical (unpaired) electrons. The fourth-order valence-electron chi connectivity index (χ4n) is 3.36. The lowest BCUT2D eigenvalue weighted by Gasteiger charge is -2.38. The van der Waals surface area contributed by atoms with Gasteiger partial charge in [0.25, 0.3) is 0 Å². The van der Waals surface area contributed by atoms with Crippen LogP contribution in [0.4, 0.5) is 0 Å².